The fraction of sp³-hybridized carbons (Fsp3) is 0.778. The minimum Gasteiger partial charge on any atom is -0.131 e. The average molecular weight is 156 g/mol. The van der Waals surface area contributed by atoms with Crippen molar-refractivity contribution in [2.45, 2.75) is 33.1 Å². The van der Waals surface area contributed by atoms with E-state index < -0.39 is 0 Å². The number of allylic oxidation sites excluding steroid dienone is 2. The minimum atomic E-state index is 0.863. The molecule has 0 radical (unpaired) electrons. The fourth-order valence-electron chi connectivity index (χ4n) is 1.07. The Balaban J connectivity index is 2.13. The van der Waals surface area contributed by atoms with Crippen molar-refractivity contribution in [2.75, 3.05) is 5.75 Å². The van der Waals surface area contributed by atoms with Gasteiger partial charge in [0.1, 0.15) is 0 Å². The molecule has 0 amide bonds. The molecule has 1 heteroatoms. The molecule has 1 aliphatic rings. The first-order valence-corrected chi connectivity index (χ1v) is 5.09. The highest BCUT2D eigenvalue weighted by Crippen LogP contribution is 2.29. The zero-order valence-corrected chi connectivity index (χ0v) is 7.71. The third-order valence-corrected chi connectivity index (χ3v) is 2.93. The van der Waals surface area contributed by atoms with Crippen molar-refractivity contribution >= 4 is 11.8 Å². The maximum absolute atomic E-state index is 2.40. The first-order chi connectivity index (χ1) is 4.79. The van der Waals surface area contributed by atoms with Gasteiger partial charge in [-0.15, -0.1) is 11.8 Å². The largest absolute Gasteiger partial charge is 0.131 e. The number of rotatable bonds is 3. The molecule has 0 nitrogen and oxygen atoms in total. The monoisotopic (exact) mass is 156 g/mol. The zero-order chi connectivity index (χ0) is 7.40. The summed E-state index contributed by atoms with van der Waals surface area (Å²) in [6, 6.07) is 0. The molecule has 0 N–H and O–H groups in total. The van der Waals surface area contributed by atoms with Crippen LogP contribution in [0.1, 0.15) is 33.1 Å². The predicted molar refractivity (Wildman–Crippen MR) is 49.2 cm³/mol. The summed E-state index contributed by atoms with van der Waals surface area (Å²) in [6.07, 6.45) is 6.38. The average Bonchev–Trinajstić information content (AvgIpc) is 2.34. The van der Waals surface area contributed by atoms with Gasteiger partial charge in [0.15, 0.2) is 0 Å². The van der Waals surface area contributed by atoms with E-state index in [0.29, 0.717) is 0 Å². The molecule has 1 heterocycles. The van der Waals surface area contributed by atoms with Crippen molar-refractivity contribution in [1.82, 2.24) is 0 Å². The van der Waals surface area contributed by atoms with Crippen LogP contribution in [0.25, 0.3) is 0 Å². The van der Waals surface area contributed by atoms with Crippen LogP contribution in [0.15, 0.2) is 11.0 Å². The van der Waals surface area contributed by atoms with Gasteiger partial charge in [-0.25, -0.2) is 0 Å². The maximum atomic E-state index is 2.40. The lowest BCUT2D eigenvalue weighted by Gasteiger charge is -2.03. The zero-order valence-electron chi connectivity index (χ0n) is 6.89. The van der Waals surface area contributed by atoms with Crippen molar-refractivity contribution in [3.05, 3.63) is 11.0 Å². The van der Waals surface area contributed by atoms with Gasteiger partial charge in [-0.3, -0.25) is 0 Å². The van der Waals surface area contributed by atoms with E-state index in [-0.39, 0.29) is 0 Å². The molecule has 0 saturated carbocycles. The Kier molecular flexibility index (Phi) is 3.33. The van der Waals surface area contributed by atoms with E-state index >= 15 is 0 Å². The molecule has 0 bridgehead atoms. The van der Waals surface area contributed by atoms with E-state index in [2.05, 4.69) is 19.9 Å². The minimum absolute atomic E-state index is 0.863. The summed E-state index contributed by atoms with van der Waals surface area (Å²) in [6.45, 7) is 4.58. The summed E-state index contributed by atoms with van der Waals surface area (Å²) in [5.74, 6) is 2.19. The lowest BCUT2D eigenvalue weighted by atomic mass is 10.1. The summed E-state index contributed by atoms with van der Waals surface area (Å²) in [5.41, 5.74) is 0. The Morgan fingerprint density at radius 1 is 1.60 bits per heavy atom. The second kappa shape index (κ2) is 4.07. The normalized spacial score (nSPS) is 18.1. The second-order valence-corrected chi connectivity index (χ2v) is 4.46. The lowest BCUT2D eigenvalue weighted by molar-refractivity contribution is 0.592. The van der Waals surface area contributed by atoms with Crippen molar-refractivity contribution < 1.29 is 0 Å². The number of hydrogen-bond acceptors (Lipinski definition) is 1. The van der Waals surface area contributed by atoms with Gasteiger partial charge in [0, 0.05) is 5.75 Å². The Morgan fingerprint density at radius 3 is 2.90 bits per heavy atom. The Labute approximate surface area is 68.1 Å². The van der Waals surface area contributed by atoms with E-state index in [0.717, 1.165) is 5.92 Å². The van der Waals surface area contributed by atoms with E-state index in [1.165, 1.54) is 25.0 Å². The molecular weight excluding hydrogens is 140 g/mol. The predicted octanol–water partition coefficient (Wildman–Crippen LogP) is 3.44. The first kappa shape index (κ1) is 8.19. The molecule has 1 rings (SSSR count). The van der Waals surface area contributed by atoms with Crippen molar-refractivity contribution in [3.8, 4) is 0 Å². The molecule has 0 fully saturated rings. The van der Waals surface area contributed by atoms with Crippen LogP contribution in [-0.4, -0.2) is 5.75 Å². The smallest absolute Gasteiger partial charge is 0.00117 e. The maximum Gasteiger partial charge on any atom is 0.00117 e. The SMILES string of the molecule is CC(C)CCC1=CCCS1. The van der Waals surface area contributed by atoms with Crippen LogP contribution in [0.3, 0.4) is 0 Å². The Morgan fingerprint density at radius 2 is 2.40 bits per heavy atom. The summed E-state index contributed by atoms with van der Waals surface area (Å²) in [7, 11) is 0. The van der Waals surface area contributed by atoms with Gasteiger partial charge < -0.3 is 0 Å². The van der Waals surface area contributed by atoms with Crippen molar-refractivity contribution in [3.63, 3.8) is 0 Å². The Bertz CT molecular complexity index is 125. The van der Waals surface area contributed by atoms with Crippen LogP contribution in [0.2, 0.25) is 0 Å². The molecule has 0 saturated heterocycles. The quantitative estimate of drug-likeness (QED) is 0.603. The molecular formula is C9H16S. The lowest BCUT2D eigenvalue weighted by Crippen LogP contribution is -1.86. The van der Waals surface area contributed by atoms with E-state index in [4.69, 9.17) is 0 Å². The van der Waals surface area contributed by atoms with Crippen LogP contribution >= 0.6 is 11.8 Å². The molecule has 0 aromatic heterocycles. The van der Waals surface area contributed by atoms with E-state index in [1.54, 1.807) is 4.91 Å². The summed E-state index contributed by atoms with van der Waals surface area (Å²) >= 11 is 2.05. The Hall–Kier alpha value is 0.0900. The molecule has 1 aliphatic heterocycles. The fourth-order valence-corrected chi connectivity index (χ4v) is 2.07. The number of thioether (sulfide) groups is 1. The number of hydrogen-bond donors (Lipinski definition) is 0. The van der Waals surface area contributed by atoms with Gasteiger partial charge in [0.25, 0.3) is 0 Å². The summed E-state index contributed by atoms with van der Waals surface area (Å²) < 4.78 is 0. The van der Waals surface area contributed by atoms with Gasteiger partial charge in [-0.2, -0.15) is 0 Å². The third kappa shape index (κ3) is 2.78. The molecule has 0 aliphatic carbocycles. The molecule has 0 aromatic rings. The highest BCUT2D eigenvalue weighted by atomic mass is 32.2. The highest BCUT2D eigenvalue weighted by Gasteiger charge is 2.04. The van der Waals surface area contributed by atoms with Crippen LogP contribution < -0.4 is 0 Å². The standard InChI is InChI=1S/C9H16S/c1-8(2)5-6-9-4-3-7-10-9/h4,8H,3,5-7H2,1-2H3. The molecule has 10 heavy (non-hydrogen) atoms. The van der Waals surface area contributed by atoms with Gasteiger partial charge in [0.05, 0.1) is 0 Å². The molecule has 0 aromatic carbocycles. The molecule has 58 valence electrons. The highest BCUT2D eigenvalue weighted by molar-refractivity contribution is 8.03. The van der Waals surface area contributed by atoms with Crippen LogP contribution in [0.4, 0.5) is 0 Å². The first-order valence-electron chi connectivity index (χ1n) is 4.11. The van der Waals surface area contributed by atoms with Crippen LogP contribution in [0, 0.1) is 5.92 Å². The summed E-state index contributed by atoms with van der Waals surface area (Å²) in [5, 5.41) is 0. The van der Waals surface area contributed by atoms with E-state index in [9.17, 15) is 0 Å². The molecule has 0 spiro atoms. The van der Waals surface area contributed by atoms with Crippen LogP contribution in [0.5, 0.6) is 0 Å². The molecule has 0 atom stereocenters. The van der Waals surface area contributed by atoms with Gasteiger partial charge in [-0.1, -0.05) is 19.9 Å². The van der Waals surface area contributed by atoms with Crippen LogP contribution in [-0.2, 0) is 0 Å². The second-order valence-electron chi connectivity index (χ2n) is 3.24. The molecule has 0 unspecified atom stereocenters. The van der Waals surface area contributed by atoms with Gasteiger partial charge in [-0.05, 0) is 30.1 Å². The van der Waals surface area contributed by atoms with E-state index in [1.807, 2.05) is 11.8 Å². The van der Waals surface area contributed by atoms with Crippen molar-refractivity contribution in [2.24, 2.45) is 5.92 Å². The van der Waals surface area contributed by atoms with Gasteiger partial charge >= 0.3 is 0 Å². The summed E-state index contributed by atoms with van der Waals surface area (Å²) in [4.78, 5) is 1.63. The van der Waals surface area contributed by atoms with Crippen molar-refractivity contribution in [1.29, 1.82) is 0 Å². The topological polar surface area (TPSA) is 0 Å². The van der Waals surface area contributed by atoms with Gasteiger partial charge in [0.2, 0.25) is 0 Å². The third-order valence-electron chi connectivity index (χ3n) is 1.75.